The maximum atomic E-state index is 13.2. The van der Waals surface area contributed by atoms with Crippen molar-refractivity contribution in [3.8, 4) is 0 Å². The van der Waals surface area contributed by atoms with E-state index in [1.54, 1.807) is 0 Å². The van der Waals surface area contributed by atoms with Gasteiger partial charge in [0.05, 0.1) is 24.0 Å². The van der Waals surface area contributed by atoms with Crippen molar-refractivity contribution in [2.24, 2.45) is 0 Å². The van der Waals surface area contributed by atoms with E-state index < -0.39 is 0 Å². The molecule has 1 N–H and O–H groups in total. The largest absolute Gasteiger partial charge is 0.446 e. The van der Waals surface area contributed by atoms with Crippen LogP contribution < -0.4 is 10.2 Å². The number of piperazine rings is 1. The van der Waals surface area contributed by atoms with Crippen LogP contribution in [0.4, 0.5) is 10.5 Å². The van der Waals surface area contributed by atoms with Crippen molar-refractivity contribution < 1.29 is 9.53 Å². The van der Waals surface area contributed by atoms with Crippen LogP contribution in [-0.2, 0) is 24.1 Å². The molecule has 1 saturated heterocycles. The third-order valence-electron chi connectivity index (χ3n) is 9.26. The summed E-state index contributed by atoms with van der Waals surface area (Å²) in [4.78, 5) is 18.2. The number of benzene rings is 3. The number of carbonyl (C=O) groups is 1. The van der Waals surface area contributed by atoms with Gasteiger partial charge < -0.3 is 15.0 Å². The molecule has 1 amide bonds. The van der Waals surface area contributed by atoms with Crippen molar-refractivity contribution in [2.75, 3.05) is 24.5 Å². The Kier molecular flexibility index (Phi) is 10.1. The highest BCUT2D eigenvalue weighted by atomic mass is 16.6. The van der Waals surface area contributed by atoms with E-state index in [1.807, 2.05) is 28.9 Å². The van der Waals surface area contributed by atoms with Crippen molar-refractivity contribution in [3.63, 3.8) is 0 Å². The van der Waals surface area contributed by atoms with Crippen LogP contribution in [0.15, 0.2) is 91.1 Å². The lowest BCUT2D eigenvalue weighted by atomic mass is 9.94. The van der Waals surface area contributed by atoms with Crippen molar-refractivity contribution in [3.05, 3.63) is 114 Å². The first-order valence-electron chi connectivity index (χ1n) is 16.5. The molecular weight excluding hydrogens is 560 g/mol. The zero-order valence-corrected chi connectivity index (χ0v) is 26.6. The smallest absolute Gasteiger partial charge is 0.407 e. The highest BCUT2D eigenvalue weighted by Crippen LogP contribution is 2.25. The number of nitrogens with one attached hydrogen (secondary N) is 1. The Morgan fingerprint density at radius 2 is 1.64 bits per heavy atom. The molecule has 3 aromatic carbocycles. The van der Waals surface area contributed by atoms with Crippen LogP contribution in [-0.4, -0.2) is 63.8 Å². The minimum absolute atomic E-state index is 0.00157. The van der Waals surface area contributed by atoms with Crippen LogP contribution in [0.25, 0.3) is 0 Å². The van der Waals surface area contributed by atoms with Crippen molar-refractivity contribution >= 4 is 11.8 Å². The molecule has 1 aromatic heterocycles. The summed E-state index contributed by atoms with van der Waals surface area (Å²) >= 11 is 0. The predicted octanol–water partition coefficient (Wildman–Crippen LogP) is 6.36. The molecule has 4 aromatic rings. The molecule has 1 unspecified atom stereocenters. The minimum atomic E-state index is -0.346. The molecule has 1 aliphatic heterocycles. The van der Waals surface area contributed by atoms with Crippen molar-refractivity contribution in [1.29, 1.82) is 0 Å². The summed E-state index contributed by atoms with van der Waals surface area (Å²) in [5.74, 6) is 0. The van der Waals surface area contributed by atoms with Crippen LogP contribution in [0.5, 0.6) is 0 Å². The molecule has 0 radical (unpaired) electrons. The lowest BCUT2D eigenvalue weighted by Gasteiger charge is -2.41. The van der Waals surface area contributed by atoms with Gasteiger partial charge in [0.15, 0.2) is 0 Å². The second kappa shape index (κ2) is 14.7. The third-order valence-corrected chi connectivity index (χ3v) is 9.26. The first kappa shape index (κ1) is 30.8. The number of ether oxygens (including phenoxy) is 1. The SMILES string of the molecule is Cc1cccc(N2CCN(Cc3cn([C@@H](Cc4ccccc4)[C@H](Cc4ccccc4)NC(=O)OC4CCCC4)nn3)CC2C)c1. The molecule has 0 spiro atoms. The van der Waals surface area contributed by atoms with Gasteiger partial charge in [0.1, 0.15) is 6.10 Å². The number of anilines is 1. The second-order valence-corrected chi connectivity index (χ2v) is 12.8. The summed E-state index contributed by atoms with van der Waals surface area (Å²) in [5, 5.41) is 12.6. The fourth-order valence-corrected chi connectivity index (χ4v) is 6.91. The first-order chi connectivity index (χ1) is 22.0. The van der Waals surface area contributed by atoms with Gasteiger partial charge in [-0.15, -0.1) is 5.10 Å². The zero-order chi connectivity index (χ0) is 31.0. The topological polar surface area (TPSA) is 75.5 Å². The zero-order valence-electron chi connectivity index (χ0n) is 26.6. The van der Waals surface area contributed by atoms with E-state index in [0.717, 1.165) is 63.1 Å². The highest BCUT2D eigenvalue weighted by molar-refractivity contribution is 5.68. The number of nitrogens with zero attached hydrogens (tertiary/aromatic N) is 5. The van der Waals surface area contributed by atoms with Gasteiger partial charge in [-0.1, -0.05) is 78.0 Å². The summed E-state index contributed by atoms with van der Waals surface area (Å²) < 4.78 is 7.84. The lowest BCUT2D eigenvalue weighted by molar-refractivity contribution is 0.0946. The number of hydrogen-bond acceptors (Lipinski definition) is 6. The number of hydrogen-bond donors (Lipinski definition) is 1. The maximum absolute atomic E-state index is 13.2. The molecule has 6 rings (SSSR count). The number of aromatic nitrogens is 3. The Morgan fingerprint density at radius 3 is 2.33 bits per heavy atom. The van der Waals surface area contributed by atoms with Crippen LogP contribution >= 0.6 is 0 Å². The second-order valence-electron chi connectivity index (χ2n) is 12.8. The van der Waals surface area contributed by atoms with E-state index in [9.17, 15) is 4.79 Å². The van der Waals surface area contributed by atoms with Gasteiger partial charge >= 0.3 is 6.09 Å². The average molecular weight is 607 g/mol. The molecule has 8 nitrogen and oxygen atoms in total. The number of alkyl carbamates (subject to hydrolysis) is 1. The van der Waals surface area contributed by atoms with Gasteiger partial charge in [-0.2, -0.15) is 0 Å². The Bertz CT molecular complexity index is 1500. The molecule has 2 fully saturated rings. The van der Waals surface area contributed by atoms with E-state index in [1.165, 1.54) is 16.8 Å². The van der Waals surface area contributed by atoms with Crippen molar-refractivity contribution in [1.82, 2.24) is 25.2 Å². The molecule has 3 atom stereocenters. The molecule has 2 heterocycles. The summed E-state index contributed by atoms with van der Waals surface area (Å²) in [6, 6.07) is 29.5. The first-order valence-corrected chi connectivity index (χ1v) is 16.5. The van der Waals surface area contributed by atoms with E-state index >= 15 is 0 Å². The quantitative estimate of drug-likeness (QED) is 0.214. The van der Waals surface area contributed by atoms with E-state index in [0.29, 0.717) is 18.9 Å². The van der Waals surface area contributed by atoms with Gasteiger partial charge in [0.2, 0.25) is 0 Å². The molecule has 2 aliphatic rings. The monoisotopic (exact) mass is 606 g/mol. The minimum Gasteiger partial charge on any atom is -0.446 e. The van der Waals surface area contributed by atoms with Crippen LogP contribution in [0.3, 0.4) is 0 Å². The van der Waals surface area contributed by atoms with Crippen LogP contribution in [0, 0.1) is 6.92 Å². The number of aryl methyl sites for hydroxylation is 1. The van der Waals surface area contributed by atoms with Crippen LogP contribution in [0.2, 0.25) is 0 Å². The standard InChI is InChI=1S/C37H46N6O2/c1-28-12-11-17-33(22-28)42-21-20-41(25-29(42)2)26-32-27-43(40-39-32)36(24-31-15-7-4-8-16-31)35(23-30-13-5-3-6-14-30)38-37(44)45-34-18-9-10-19-34/h3-8,11-17,22,27,29,34-36H,9-10,18-21,23-26H2,1-2H3,(H,38,44)/t29?,35-,36-/m0/s1. The predicted molar refractivity (Wildman–Crippen MR) is 178 cm³/mol. The molecule has 0 bridgehead atoms. The molecule has 8 heteroatoms. The number of rotatable bonds is 11. The lowest BCUT2D eigenvalue weighted by Crippen LogP contribution is -2.51. The molecular formula is C37H46N6O2. The van der Waals surface area contributed by atoms with E-state index in [4.69, 9.17) is 4.74 Å². The summed E-state index contributed by atoms with van der Waals surface area (Å²) in [6.45, 7) is 8.08. The van der Waals surface area contributed by atoms with Gasteiger partial charge in [-0.25, -0.2) is 9.48 Å². The summed E-state index contributed by atoms with van der Waals surface area (Å²) in [5.41, 5.74) is 5.86. The summed E-state index contributed by atoms with van der Waals surface area (Å²) in [6.07, 6.45) is 7.20. The van der Waals surface area contributed by atoms with Crippen LogP contribution in [0.1, 0.15) is 61.0 Å². The van der Waals surface area contributed by atoms with Gasteiger partial charge in [-0.3, -0.25) is 4.90 Å². The molecule has 1 saturated carbocycles. The molecule has 45 heavy (non-hydrogen) atoms. The van der Waals surface area contributed by atoms with E-state index in [-0.39, 0.29) is 24.3 Å². The average Bonchev–Trinajstić information content (AvgIpc) is 3.73. The van der Waals surface area contributed by atoms with Crippen molar-refractivity contribution in [2.45, 2.75) is 83.1 Å². The Hall–Kier alpha value is -4.17. The summed E-state index contributed by atoms with van der Waals surface area (Å²) in [7, 11) is 0. The number of carbonyl (C=O) groups excluding carboxylic acids is 1. The molecule has 236 valence electrons. The fraction of sp³-hybridized carbons (Fsp3) is 0.432. The number of amides is 1. The van der Waals surface area contributed by atoms with Gasteiger partial charge in [0, 0.05) is 37.9 Å². The van der Waals surface area contributed by atoms with E-state index in [2.05, 4.69) is 106 Å². The van der Waals surface area contributed by atoms with Gasteiger partial charge in [-0.05, 0) is 81.2 Å². The fourth-order valence-electron chi connectivity index (χ4n) is 6.91. The Morgan fingerprint density at radius 1 is 0.933 bits per heavy atom. The van der Waals surface area contributed by atoms with Gasteiger partial charge in [0.25, 0.3) is 0 Å². The Labute approximate surface area is 267 Å². The Balaban J connectivity index is 1.20. The highest BCUT2D eigenvalue weighted by Gasteiger charge is 2.30. The molecule has 1 aliphatic carbocycles. The third kappa shape index (κ3) is 8.31. The maximum Gasteiger partial charge on any atom is 0.407 e. The normalized spacial score (nSPS) is 18.9.